The van der Waals surface area contributed by atoms with E-state index in [1.165, 1.54) is 102 Å². The highest BCUT2D eigenvalue weighted by Gasteiger charge is 2.44. The number of carbonyl (C=O) groups excluding carboxylic acids is 1. The molecule has 1 saturated heterocycles. The van der Waals surface area contributed by atoms with Crippen LogP contribution in [0.3, 0.4) is 0 Å². The van der Waals surface area contributed by atoms with Crippen LogP contribution >= 0.6 is 0 Å². The Morgan fingerprint density at radius 1 is 0.720 bits per heavy atom. The van der Waals surface area contributed by atoms with Crippen molar-refractivity contribution in [3.05, 3.63) is 35.9 Å². The van der Waals surface area contributed by atoms with Gasteiger partial charge in [-0.05, 0) is 31.2 Å². The van der Waals surface area contributed by atoms with Crippen LogP contribution in [0.15, 0.2) is 30.3 Å². The fourth-order valence-corrected chi connectivity index (χ4v) is 6.82. The molecule has 1 aromatic carbocycles. The topological polar surface area (TPSA) is 149 Å². The Morgan fingerprint density at radius 2 is 1.24 bits per heavy atom. The SMILES string of the molecule is CCCCCCCCCCCCCCC[C@@H](O)[C@H](CO[C@H]1OC(CO)[C@H](O)C(O)C1O)NC(=O)CCCCCCCCCCc1ccccc1. The second kappa shape index (κ2) is 28.9. The highest BCUT2D eigenvalue weighted by molar-refractivity contribution is 5.76. The highest BCUT2D eigenvalue weighted by Crippen LogP contribution is 2.23. The van der Waals surface area contributed by atoms with Gasteiger partial charge in [0.1, 0.15) is 24.4 Å². The first kappa shape index (κ1) is 44.6. The van der Waals surface area contributed by atoms with E-state index in [0.717, 1.165) is 44.9 Å². The molecule has 0 saturated carbocycles. The van der Waals surface area contributed by atoms with Crippen molar-refractivity contribution in [1.82, 2.24) is 5.32 Å². The van der Waals surface area contributed by atoms with Gasteiger partial charge in [0.05, 0.1) is 25.4 Å². The van der Waals surface area contributed by atoms with Gasteiger partial charge >= 0.3 is 0 Å². The maximum Gasteiger partial charge on any atom is 0.220 e. The van der Waals surface area contributed by atoms with Gasteiger partial charge in [0.15, 0.2) is 6.29 Å². The number of aliphatic hydroxyl groups is 5. The Labute approximate surface area is 303 Å². The predicted molar refractivity (Wildman–Crippen MR) is 200 cm³/mol. The van der Waals surface area contributed by atoms with Crippen molar-refractivity contribution < 1.29 is 39.8 Å². The van der Waals surface area contributed by atoms with Crippen LogP contribution in [-0.4, -0.2) is 87.5 Å². The molecule has 3 unspecified atom stereocenters. The number of unbranched alkanes of at least 4 members (excludes halogenated alkanes) is 19. The van der Waals surface area contributed by atoms with Crippen LogP contribution in [0.4, 0.5) is 0 Å². The van der Waals surface area contributed by atoms with E-state index in [0.29, 0.717) is 12.8 Å². The summed E-state index contributed by atoms with van der Waals surface area (Å²) >= 11 is 0. The van der Waals surface area contributed by atoms with Crippen molar-refractivity contribution in [2.75, 3.05) is 13.2 Å². The number of ether oxygens (including phenoxy) is 2. The summed E-state index contributed by atoms with van der Waals surface area (Å²) in [7, 11) is 0. The molecule has 1 aliphatic rings. The number of aryl methyl sites for hydroxylation is 1. The standard InChI is InChI=1S/C41H73NO8/c1-2-3-4-5-6-7-8-9-10-11-15-18-24-29-35(44)34(32-49-41-40(48)39(47)38(46)36(31-43)50-41)42-37(45)30-25-19-16-13-12-14-17-21-26-33-27-22-20-23-28-33/h20,22-23,27-28,34-36,38-41,43-44,46-48H,2-19,21,24-26,29-32H2,1H3,(H,42,45)/t34-,35+,36?,38-,39?,40?,41-/m0/s1. The zero-order chi connectivity index (χ0) is 36.2. The number of rotatable bonds is 31. The average Bonchev–Trinajstić information content (AvgIpc) is 3.12. The summed E-state index contributed by atoms with van der Waals surface area (Å²) in [5.74, 6) is -0.155. The molecule has 290 valence electrons. The molecule has 1 aromatic rings. The lowest BCUT2D eigenvalue weighted by molar-refractivity contribution is -0.302. The fourth-order valence-electron chi connectivity index (χ4n) is 6.82. The highest BCUT2D eigenvalue weighted by atomic mass is 16.7. The quantitative estimate of drug-likeness (QED) is 0.0458. The molecule has 1 fully saturated rings. The zero-order valence-electron chi connectivity index (χ0n) is 31.3. The van der Waals surface area contributed by atoms with Gasteiger partial charge in [0, 0.05) is 6.42 Å². The van der Waals surface area contributed by atoms with Crippen LogP contribution in [0, 0.1) is 0 Å². The van der Waals surface area contributed by atoms with Crippen LogP contribution in [0.5, 0.6) is 0 Å². The van der Waals surface area contributed by atoms with E-state index in [4.69, 9.17) is 9.47 Å². The Hall–Kier alpha value is -1.59. The maximum atomic E-state index is 12.9. The maximum absolute atomic E-state index is 12.9. The first-order valence-corrected chi connectivity index (χ1v) is 20.3. The summed E-state index contributed by atoms with van der Waals surface area (Å²) in [6, 6.07) is 9.90. The van der Waals surface area contributed by atoms with Crippen molar-refractivity contribution >= 4 is 5.91 Å². The number of benzene rings is 1. The van der Waals surface area contributed by atoms with Crippen LogP contribution in [-0.2, 0) is 20.7 Å². The van der Waals surface area contributed by atoms with E-state index in [1.807, 2.05) is 0 Å². The average molecular weight is 708 g/mol. The second-order valence-corrected chi connectivity index (χ2v) is 14.6. The molecule has 9 heteroatoms. The molecular formula is C41H73NO8. The van der Waals surface area contributed by atoms with Gasteiger partial charge in [-0.2, -0.15) is 0 Å². The smallest absolute Gasteiger partial charge is 0.220 e. The van der Waals surface area contributed by atoms with Crippen LogP contribution < -0.4 is 5.32 Å². The number of carbonyl (C=O) groups is 1. The molecule has 1 amide bonds. The van der Waals surface area contributed by atoms with Gasteiger partial charge in [0.25, 0.3) is 0 Å². The van der Waals surface area contributed by atoms with Gasteiger partial charge in [-0.15, -0.1) is 0 Å². The second-order valence-electron chi connectivity index (χ2n) is 14.6. The minimum Gasteiger partial charge on any atom is -0.394 e. The summed E-state index contributed by atoms with van der Waals surface area (Å²) < 4.78 is 11.2. The van der Waals surface area contributed by atoms with Gasteiger partial charge in [-0.1, -0.05) is 159 Å². The predicted octanol–water partition coefficient (Wildman–Crippen LogP) is 6.88. The van der Waals surface area contributed by atoms with Crippen molar-refractivity contribution in [3.8, 4) is 0 Å². The zero-order valence-corrected chi connectivity index (χ0v) is 31.3. The number of hydrogen-bond acceptors (Lipinski definition) is 8. The summed E-state index contributed by atoms with van der Waals surface area (Å²) in [4.78, 5) is 12.9. The fraction of sp³-hybridized carbons (Fsp3) is 0.829. The van der Waals surface area contributed by atoms with Gasteiger partial charge in [-0.3, -0.25) is 4.79 Å². The number of aliphatic hydroxyl groups excluding tert-OH is 5. The Morgan fingerprint density at radius 3 is 1.80 bits per heavy atom. The monoisotopic (exact) mass is 708 g/mol. The first-order valence-electron chi connectivity index (χ1n) is 20.3. The van der Waals surface area contributed by atoms with E-state index in [2.05, 4.69) is 42.6 Å². The summed E-state index contributed by atoms with van der Waals surface area (Å²) in [6.07, 6.45) is 19.2. The van der Waals surface area contributed by atoms with Crippen LogP contribution in [0.2, 0.25) is 0 Å². The molecular weight excluding hydrogens is 634 g/mol. The third kappa shape index (κ3) is 19.9. The van der Waals surface area contributed by atoms with Gasteiger partial charge < -0.3 is 40.3 Å². The van der Waals surface area contributed by atoms with E-state index in [9.17, 15) is 30.3 Å². The van der Waals surface area contributed by atoms with E-state index < -0.39 is 49.5 Å². The largest absolute Gasteiger partial charge is 0.394 e. The molecule has 0 spiro atoms. The number of hydrogen-bond donors (Lipinski definition) is 6. The van der Waals surface area contributed by atoms with Crippen LogP contribution in [0.25, 0.3) is 0 Å². The minimum atomic E-state index is -1.55. The molecule has 9 nitrogen and oxygen atoms in total. The number of nitrogens with one attached hydrogen (secondary N) is 1. The molecule has 2 rings (SSSR count). The molecule has 0 aliphatic carbocycles. The third-order valence-electron chi connectivity index (χ3n) is 10.2. The molecule has 7 atom stereocenters. The lowest BCUT2D eigenvalue weighted by atomic mass is 9.99. The lowest BCUT2D eigenvalue weighted by Gasteiger charge is -2.40. The Bertz CT molecular complexity index is 934. The van der Waals surface area contributed by atoms with Crippen molar-refractivity contribution in [2.24, 2.45) is 0 Å². The molecule has 1 heterocycles. The Balaban J connectivity index is 1.67. The van der Waals surface area contributed by atoms with Gasteiger partial charge in [0.2, 0.25) is 5.91 Å². The van der Waals surface area contributed by atoms with Crippen molar-refractivity contribution in [3.63, 3.8) is 0 Å². The summed E-state index contributed by atoms with van der Waals surface area (Å²) in [6.45, 7) is 1.55. The lowest BCUT2D eigenvalue weighted by Crippen LogP contribution is -2.60. The molecule has 1 aliphatic heterocycles. The Kier molecular flexibility index (Phi) is 25.8. The first-order chi connectivity index (χ1) is 24.4. The van der Waals surface area contributed by atoms with E-state index >= 15 is 0 Å². The molecule has 0 bridgehead atoms. The van der Waals surface area contributed by atoms with E-state index in [1.54, 1.807) is 0 Å². The third-order valence-corrected chi connectivity index (χ3v) is 10.2. The summed E-state index contributed by atoms with van der Waals surface area (Å²) in [5.41, 5.74) is 1.40. The molecule has 50 heavy (non-hydrogen) atoms. The molecule has 0 radical (unpaired) electrons. The van der Waals surface area contributed by atoms with E-state index in [-0.39, 0.29) is 12.5 Å². The molecule has 0 aromatic heterocycles. The van der Waals surface area contributed by atoms with Crippen LogP contribution in [0.1, 0.15) is 160 Å². The molecule has 6 N–H and O–H groups in total. The van der Waals surface area contributed by atoms with Crippen molar-refractivity contribution in [2.45, 2.75) is 204 Å². The normalized spacial score (nSPS) is 22.0. The van der Waals surface area contributed by atoms with Crippen molar-refractivity contribution in [1.29, 1.82) is 0 Å². The number of amides is 1. The summed E-state index contributed by atoms with van der Waals surface area (Å²) in [5, 5.41) is 54.2. The minimum absolute atomic E-state index is 0.141. The van der Waals surface area contributed by atoms with Gasteiger partial charge in [-0.25, -0.2) is 0 Å².